The lowest BCUT2D eigenvalue weighted by Gasteiger charge is -2.43. The van der Waals surface area contributed by atoms with Crippen LogP contribution in [0, 0.1) is 0 Å². The van der Waals surface area contributed by atoms with Crippen molar-refractivity contribution in [2.75, 3.05) is 44.2 Å². The molecule has 0 unspecified atom stereocenters. The lowest BCUT2D eigenvalue weighted by molar-refractivity contribution is 0.137. The molecule has 2 saturated heterocycles. The fourth-order valence-electron chi connectivity index (χ4n) is 2.39. The van der Waals surface area contributed by atoms with Gasteiger partial charge in [-0.05, 0) is 12.1 Å². The topological polar surface area (TPSA) is 31.4 Å². The van der Waals surface area contributed by atoms with E-state index in [2.05, 4.69) is 32.2 Å². The SMILES string of the molecule is Cl.c1ccc(N2CCN(C3CNC3)CC2)nc1. The van der Waals surface area contributed by atoms with Crippen LogP contribution in [0.15, 0.2) is 24.4 Å². The molecule has 0 saturated carbocycles. The molecule has 94 valence electrons. The number of rotatable bonds is 2. The van der Waals surface area contributed by atoms with E-state index in [4.69, 9.17) is 0 Å². The van der Waals surface area contributed by atoms with E-state index in [0.29, 0.717) is 0 Å². The Balaban J connectivity index is 0.00000108. The molecule has 1 aromatic heterocycles. The number of anilines is 1. The molecule has 0 amide bonds. The second-order valence-electron chi connectivity index (χ2n) is 4.52. The molecule has 0 spiro atoms. The number of aromatic nitrogens is 1. The van der Waals surface area contributed by atoms with Crippen molar-refractivity contribution in [3.63, 3.8) is 0 Å². The van der Waals surface area contributed by atoms with Crippen LogP contribution in [0.4, 0.5) is 5.82 Å². The molecule has 17 heavy (non-hydrogen) atoms. The van der Waals surface area contributed by atoms with Crippen molar-refractivity contribution in [3.05, 3.63) is 24.4 Å². The maximum atomic E-state index is 4.40. The predicted molar refractivity (Wildman–Crippen MR) is 71.9 cm³/mol. The van der Waals surface area contributed by atoms with Gasteiger partial charge in [-0.15, -0.1) is 12.4 Å². The number of piperazine rings is 1. The van der Waals surface area contributed by atoms with E-state index in [0.717, 1.165) is 24.9 Å². The van der Waals surface area contributed by atoms with Crippen molar-refractivity contribution >= 4 is 18.2 Å². The Kier molecular flexibility index (Phi) is 4.20. The largest absolute Gasteiger partial charge is 0.354 e. The minimum absolute atomic E-state index is 0. The van der Waals surface area contributed by atoms with E-state index in [1.165, 1.54) is 26.2 Å². The number of hydrogen-bond donors (Lipinski definition) is 1. The van der Waals surface area contributed by atoms with Crippen molar-refractivity contribution in [2.45, 2.75) is 6.04 Å². The molecule has 1 N–H and O–H groups in total. The van der Waals surface area contributed by atoms with Crippen LogP contribution in [0.2, 0.25) is 0 Å². The molecule has 5 heteroatoms. The highest BCUT2D eigenvalue weighted by atomic mass is 35.5. The summed E-state index contributed by atoms with van der Waals surface area (Å²) in [5.74, 6) is 1.12. The number of pyridine rings is 1. The summed E-state index contributed by atoms with van der Waals surface area (Å²) in [6.07, 6.45) is 1.87. The van der Waals surface area contributed by atoms with E-state index in [1.54, 1.807) is 0 Å². The Hall–Kier alpha value is -0.840. The predicted octanol–water partition coefficient (Wildman–Crippen LogP) is 0.597. The summed E-state index contributed by atoms with van der Waals surface area (Å²) in [5.41, 5.74) is 0. The third kappa shape index (κ3) is 2.70. The maximum absolute atomic E-state index is 4.40. The Morgan fingerprint density at radius 1 is 1.12 bits per heavy atom. The average Bonchev–Trinajstić information content (AvgIpc) is 2.29. The standard InChI is InChI=1S/C12H18N4.ClH/c1-2-4-14-12(3-1)16-7-5-15(6-8-16)11-9-13-10-11;/h1-4,11,13H,5-10H2;1H. The zero-order chi connectivity index (χ0) is 10.8. The average molecular weight is 255 g/mol. The fraction of sp³-hybridized carbons (Fsp3) is 0.583. The molecule has 0 aromatic carbocycles. The van der Waals surface area contributed by atoms with Crippen LogP contribution in [0.3, 0.4) is 0 Å². The third-order valence-corrected chi connectivity index (χ3v) is 3.56. The highest BCUT2D eigenvalue weighted by Crippen LogP contribution is 2.15. The zero-order valence-corrected chi connectivity index (χ0v) is 10.7. The van der Waals surface area contributed by atoms with E-state index in [1.807, 2.05) is 12.3 Å². The highest BCUT2D eigenvalue weighted by molar-refractivity contribution is 5.85. The third-order valence-electron chi connectivity index (χ3n) is 3.56. The Morgan fingerprint density at radius 2 is 1.88 bits per heavy atom. The number of nitrogens with zero attached hydrogens (tertiary/aromatic N) is 3. The Morgan fingerprint density at radius 3 is 2.41 bits per heavy atom. The summed E-state index contributed by atoms with van der Waals surface area (Å²) < 4.78 is 0. The van der Waals surface area contributed by atoms with E-state index < -0.39 is 0 Å². The molecule has 2 aliphatic rings. The quantitative estimate of drug-likeness (QED) is 0.838. The van der Waals surface area contributed by atoms with Gasteiger partial charge in [0.05, 0.1) is 0 Å². The van der Waals surface area contributed by atoms with Gasteiger partial charge in [-0.1, -0.05) is 6.07 Å². The summed E-state index contributed by atoms with van der Waals surface area (Å²) in [5, 5.41) is 3.33. The lowest BCUT2D eigenvalue weighted by Crippen LogP contribution is -2.61. The first-order valence-corrected chi connectivity index (χ1v) is 6.04. The van der Waals surface area contributed by atoms with Gasteiger partial charge in [0.25, 0.3) is 0 Å². The maximum Gasteiger partial charge on any atom is 0.128 e. The summed E-state index contributed by atoms with van der Waals surface area (Å²) in [6.45, 7) is 6.89. The van der Waals surface area contributed by atoms with E-state index in [-0.39, 0.29) is 12.4 Å². The van der Waals surface area contributed by atoms with Gasteiger partial charge in [-0.3, -0.25) is 4.90 Å². The van der Waals surface area contributed by atoms with E-state index >= 15 is 0 Å². The summed E-state index contributed by atoms with van der Waals surface area (Å²) in [7, 11) is 0. The summed E-state index contributed by atoms with van der Waals surface area (Å²) >= 11 is 0. The van der Waals surface area contributed by atoms with Crippen LogP contribution in [0.25, 0.3) is 0 Å². The normalized spacial score (nSPS) is 21.8. The van der Waals surface area contributed by atoms with Gasteiger partial charge >= 0.3 is 0 Å². The molecule has 0 bridgehead atoms. The van der Waals surface area contributed by atoms with Gasteiger partial charge in [-0.25, -0.2) is 4.98 Å². The first kappa shape index (κ1) is 12.6. The molecule has 4 nitrogen and oxygen atoms in total. The Bertz CT molecular complexity index is 334. The van der Waals surface area contributed by atoms with Crippen LogP contribution < -0.4 is 10.2 Å². The van der Waals surface area contributed by atoms with Crippen LogP contribution in [-0.2, 0) is 0 Å². The smallest absolute Gasteiger partial charge is 0.128 e. The summed E-state index contributed by atoms with van der Waals surface area (Å²) in [6, 6.07) is 6.91. The highest BCUT2D eigenvalue weighted by Gasteiger charge is 2.27. The first-order chi connectivity index (χ1) is 7.93. The summed E-state index contributed by atoms with van der Waals surface area (Å²) in [4.78, 5) is 9.37. The van der Waals surface area contributed by atoms with Gasteiger partial charge in [0, 0.05) is 51.5 Å². The minimum atomic E-state index is 0. The lowest BCUT2D eigenvalue weighted by atomic mass is 10.1. The van der Waals surface area contributed by atoms with E-state index in [9.17, 15) is 0 Å². The number of halogens is 1. The van der Waals surface area contributed by atoms with Crippen molar-refractivity contribution in [2.24, 2.45) is 0 Å². The molecule has 2 fully saturated rings. The molecular formula is C12H19ClN4. The number of nitrogens with one attached hydrogen (secondary N) is 1. The van der Waals surface area contributed by atoms with Crippen LogP contribution >= 0.6 is 12.4 Å². The van der Waals surface area contributed by atoms with Crippen LogP contribution in [0.5, 0.6) is 0 Å². The number of hydrogen-bond acceptors (Lipinski definition) is 4. The Labute approximate surface area is 108 Å². The molecule has 2 aliphatic heterocycles. The van der Waals surface area contributed by atoms with Gasteiger partial charge in [-0.2, -0.15) is 0 Å². The fourth-order valence-corrected chi connectivity index (χ4v) is 2.39. The molecule has 3 rings (SSSR count). The first-order valence-electron chi connectivity index (χ1n) is 6.04. The second-order valence-corrected chi connectivity index (χ2v) is 4.52. The zero-order valence-electron chi connectivity index (χ0n) is 9.88. The monoisotopic (exact) mass is 254 g/mol. The second kappa shape index (κ2) is 5.67. The van der Waals surface area contributed by atoms with Crippen molar-refractivity contribution in [3.8, 4) is 0 Å². The van der Waals surface area contributed by atoms with Gasteiger partial charge < -0.3 is 10.2 Å². The van der Waals surface area contributed by atoms with Gasteiger partial charge in [0.2, 0.25) is 0 Å². The van der Waals surface area contributed by atoms with Crippen molar-refractivity contribution in [1.29, 1.82) is 0 Å². The molecule has 0 radical (unpaired) electrons. The molecular weight excluding hydrogens is 236 g/mol. The van der Waals surface area contributed by atoms with Gasteiger partial charge in [0.1, 0.15) is 5.82 Å². The van der Waals surface area contributed by atoms with Crippen molar-refractivity contribution in [1.82, 2.24) is 15.2 Å². The minimum Gasteiger partial charge on any atom is -0.354 e. The molecule has 3 heterocycles. The molecule has 0 atom stereocenters. The van der Waals surface area contributed by atoms with Crippen LogP contribution in [0.1, 0.15) is 0 Å². The molecule has 1 aromatic rings. The van der Waals surface area contributed by atoms with Crippen LogP contribution in [-0.4, -0.2) is 55.2 Å². The molecule has 0 aliphatic carbocycles. The van der Waals surface area contributed by atoms with Gasteiger partial charge in [0.15, 0.2) is 0 Å². The van der Waals surface area contributed by atoms with Crippen molar-refractivity contribution < 1.29 is 0 Å².